The number of hydrogen-bond acceptors (Lipinski definition) is 3. The zero-order valence-corrected chi connectivity index (χ0v) is 20.8. The van der Waals surface area contributed by atoms with Crippen molar-refractivity contribution in [2.75, 3.05) is 26.1 Å². The predicted molar refractivity (Wildman–Crippen MR) is 134 cm³/mol. The van der Waals surface area contributed by atoms with E-state index >= 15 is 0 Å². The largest absolute Gasteiger partial charge is 0.497 e. The molecule has 0 bridgehead atoms. The summed E-state index contributed by atoms with van der Waals surface area (Å²) >= 11 is 24.9. The Morgan fingerprint density at radius 1 is 0.879 bits per heavy atom. The Kier molecular flexibility index (Phi) is 7.15. The first-order valence-corrected chi connectivity index (χ1v) is 11.5. The van der Waals surface area contributed by atoms with Crippen LogP contribution in [0.15, 0.2) is 48.5 Å². The number of nitrogens with one attached hydrogen (secondary N) is 1. The molecular formula is C24H20Cl4N2O3. The zero-order chi connectivity index (χ0) is 23.7. The van der Waals surface area contributed by atoms with E-state index < -0.39 is 6.04 Å². The Hall–Kier alpha value is -2.31. The zero-order valence-electron chi connectivity index (χ0n) is 17.8. The standard InChI is InChI=1S/C24H20Cl4N2O3/c1-32-20-7-13-3-4-30(24(31)29-19-10-17(27)9-18(28)11-19)23(22(13)21(12-20)33-2)14-5-15(25)8-16(26)6-14/h5-12,23H,3-4H2,1-2H3,(H,29,31). The van der Waals surface area contributed by atoms with Crippen LogP contribution in [-0.4, -0.2) is 31.7 Å². The monoisotopic (exact) mass is 524 g/mol. The van der Waals surface area contributed by atoms with Crippen molar-refractivity contribution in [2.45, 2.75) is 12.5 Å². The fourth-order valence-electron chi connectivity index (χ4n) is 4.11. The molecule has 1 unspecified atom stereocenters. The van der Waals surface area contributed by atoms with Crippen molar-refractivity contribution in [3.63, 3.8) is 0 Å². The second-order valence-electron chi connectivity index (χ2n) is 7.54. The molecule has 0 spiro atoms. The van der Waals surface area contributed by atoms with Crippen LogP contribution < -0.4 is 14.8 Å². The van der Waals surface area contributed by atoms with Gasteiger partial charge in [0.15, 0.2) is 0 Å². The van der Waals surface area contributed by atoms with Crippen LogP contribution in [-0.2, 0) is 6.42 Å². The highest BCUT2D eigenvalue weighted by atomic mass is 35.5. The molecule has 1 heterocycles. The molecular weight excluding hydrogens is 506 g/mol. The highest BCUT2D eigenvalue weighted by Crippen LogP contribution is 2.44. The molecule has 5 nitrogen and oxygen atoms in total. The van der Waals surface area contributed by atoms with E-state index in [0.717, 1.165) is 16.7 Å². The maximum absolute atomic E-state index is 13.5. The smallest absolute Gasteiger partial charge is 0.322 e. The van der Waals surface area contributed by atoms with Gasteiger partial charge in [0.1, 0.15) is 11.5 Å². The number of ether oxygens (including phenoxy) is 2. The molecule has 2 amide bonds. The third-order valence-electron chi connectivity index (χ3n) is 5.44. The normalized spacial score (nSPS) is 15.1. The summed E-state index contributed by atoms with van der Waals surface area (Å²) in [5.74, 6) is 1.29. The SMILES string of the molecule is COc1cc2c(c(OC)c1)C(c1cc(Cl)cc(Cl)c1)N(C(=O)Nc1cc(Cl)cc(Cl)c1)CC2. The molecule has 3 aromatic carbocycles. The number of amides is 2. The van der Waals surface area contributed by atoms with Crippen LogP contribution in [0.3, 0.4) is 0 Å². The van der Waals surface area contributed by atoms with Gasteiger partial charge in [-0.2, -0.15) is 0 Å². The second kappa shape index (κ2) is 9.90. The lowest BCUT2D eigenvalue weighted by Crippen LogP contribution is -2.43. The molecule has 0 fully saturated rings. The maximum atomic E-state index is 13.5. The van der Waals surface area contributed by atoms with Crippen LogP contribution in [0.1, 0.15) is 22.7 Å². The number of fused-ring (bicyclic) bond motifs is 1. The van der Waals surface area contributed by atoms with Crippen molar-refractivity contribution in [1.82, 2.24) is 4.90 Å². The van der Waals surface area contributed by atoms with Gasteiger partial charge in [-0.3, -0.25) is 0 Å². The Bertz CT molecular complexity index is 1160. The number of halogens is 4. The molecule has 33 heavy (non-hydrogen) atoms. The summed E-state index contributed by atoms with van der Waals surface area (Å²) in [6.45, 7) is 0.443. The third kappa shape index (κ3) is 5.12. The molecule has 3 aromatic rings. The molecule has 1 N–H and O–H groups in total. The van der Waals surface area contributed by atoms with E-state index in [-0.39, 0.29) is 6.03 Å². The molecule has 0 saturated heterocycles. The lowest BCUT2D eigenvalue weighted by atomic mass is 9.87. The number of hydrogen-bond donors (Lipinski definition) is 1. The Morgan fingerprint density at radius 2 is 1.48 bits per heavy atom. The van der Waals surface area contributed by atoms with Crippen molar-refractivity contribution in [3.05, 3.63) is 85.3 Å². The molecule has 1 atom stereocenters. The van der Waals surface area contributed by atoms with Crippen LogP contribution in [0.25, 0.3) is 0 Å². The Balaban J connectivity index is 1.82. The van der Waals surface area contributed by atoms with Gasteiger partial charge < -0.3 is 19.7 Å². The molecule has 9 heteroatoms. The first kappa shape index (κ1) is 23.8. The van der Waals surface area contributed by atoms with Gasteiger partial charge in [-0.25, -0.2) is 4.79 Å². The van der Waals surface area contributed by atoms with Crippen molar-refractivity contribution in [3.8, 4) is 11.5 Å². The molecule has 0 aromatic heterocycles. The van der Waals surface area contributed by atoms with Crippen molar-refractivity contribution in [2.24, 2.45) is 0 Å². The summed E-state index contributed by atoms with van der Waals surface area (Å²) in [7, 11) is 3.19. The molecule has 0 aliphatic carbocycles. The number of carbonyl (C=O) groups is 1. The van der Waals surface area contributed by atoms with Gasteiger partial charge in [-0.1, -0.05) is 46.4 Å². The Morgan fingerprint density at radius 3 is 2.06 bits per heavy atom. The van der Waals surface area contributed by atoms with Crippen LogP contribution in [0.2, 0.25) is 20.1 Å². The van der Waals surface area contributed by atoms with Gasteiger partial charge in [-0.05, 0) is 60.0 Å². The van der Waals surface area contributed by atoms with E-state index in [9.17, 15) is 4.79 Å². The number of methoxy groups -OCH3 is 2. The maximum Gasteiger partial charge on any atom is 0.322 e. The fourth-order valence-corrected chi connectivity index (χ4v) is 5.17. The van der Waals surface area contributed by atoms with Gasteiger partial charge in [0, 0.05) is 44.0 Å². The van der Waals surface area contributed by atoms with Crippen LogP contribution >= 0.6 is 46.4 Å². The molecule has 4 rings (SSSR count). The van der Waals surface area contributed by atoms with Gasteiger partial charge in [0.05, 0.1) is 20.3 Å². The average Bonchev–Trinajstić information content (AvgIpc) is 2.75. The van der Waals surface area contributed by atoms with Gasteiger partial charge in [0.2, 0.25) is 0 Å². The molecule has 0 saturated carbocycles. The number of urea groups is 1. The van der Waals surface area contributed by atoms with E-state index in [4.69, 9.17) is 55.9 Å². The molecule has 1 aliphatic rings. The van der Waals surface area contributed by atoms with Crippen molar-refractivity contribution >= 4 is 58.1 Å². The summed E-state index contributed by atoms with van der Waals surface area (Å²) < 4.78 is 11.1. The number of rotatable bonds is 4. The minimum atomic E-state index is -0.500. The number of anilines is 1. The van der Waals surface area contributed by atoms with Crippen molar-refractivity contribution < 1.29 is 14.3 Å². The summed E-state index contributed by atoms with van der Waals surface area (Å²) in [6, 6.07) is 13.1. The summed E-state index contributed by atoms with van der Waals surface area (Å²) in [4.78, 5) is 15.2. The molecule has 1 aliphatic heterocycles. The number of benzene rings is 3. The van der Waals surface area contributed by atoms with Crippen LogP contribution in [0, 0.1) is 0 Å². The fraction of sp³-hybridized carbons (Fsp3) is 0.208. The first-order chi connectivity index (χ1) is 15.8. The summed E-state index contributed by atoms with van der Waals surface area (Å²) in [6.07, 6.45) is 0.609. The van der Waals surface area contributed by atoms with Gasteiger partial charge in [-0.15, -0.1) is 0 Å². The van der Waals surface area contributed by atoms with E-state index in [1.807, 2.05) is 6.07 Å². The first-order valence-electron chi connectivity index (χ1n) is 10.0. The second-order valence-corrected chi connectivity index (χ2v) is 9.29. The number of carbonyl (C=O) groups excluding carboxylic acids is 1. The van der Waals surface area contributed by atoms with E-state index in [2.05, 4.69) is 5.32 Å². The van der Waals surface area contributed by atoms with E-state index in [0.29, 0.717) is 50.2 Å². The molecule has 172 valence electrons. The predicted octanol–water partition coefficient (Wildman–Crippen LogP) is 7.50. The quantitative estimate of drug-likeness (QED) is 0.383. The topological polar surface area (TPSA) is 50.8 Å². The average molecular weight is 526 g/mol. The summed E-state index contributed by atoms with van der Waals surface area (Å²) in [5, 5.41) is 4.69. The summed E-state index contributed by atoms with van der Waals surface area (Å²) in [5.41, 5.74) is 3.12. The van der Waals surface area contributed by atoms with E-state index in [1.165, 1.54) is 0 Å². The van der Waals surface area contributed by atoms with Crippen LogP contribution in [0.5, 0.6) is 11.5 Å². The highest BCUT2D eigenvalue weighted by Gasteiger charge is 2.35. The lowest BCUT2D eigenvalue weighted by Gasteiger charge is -2.38. The Labute approximate surface area is 212 Å². The van der Waals surface area contributed by atoms with Gasteiger partial charge in [0.25, 0.3) is 0 Å². The minimum absolute atomic E-state index is 0.321. The lowest BCUT2D eigenvalue weighted by molar-refractivity contribution is 0.192. The van der Waals surface area contributed by atoms with Crippen molar-refractivity contribution in [1.29, 1.82) is 0 Å². The third-order valence-corrected chi connectivity index (χ3v) is 6.31. The van der Waals surface area contributed by atoms with E-state index in [1.54, 1.807) is 61.6 Å². The minimum Gasteiger partial charge on any atom is -0.497 e. The van der Waals surface area contributed by atoms with Gasteiger partial charge >= 0.3 is 6.03 Å². The number of nitrogens with zero attached hydrogens (tertiary/aromatic N) is 1. The van der Waals surface area contributed by atoms with Crippen LogP contribution in [0.4, 0.5) is 10.5 Å². The molecule has 0 radical (unpaired) electrons. The highest BCUT2D eigenvalue weighted by molar-refractivity contribution is 6.35.